The molecule has 1 unspecified atom stereocenters. The van der Waals surface area contributed by atoms with Crippen molar-refractivity contribution in [1.82, 2.24) is 5.32 Å². The lowest BCUT2D eigenvalue weighted by molar-refractivity contribution is -0.151. The van der Waals surface area contributed by atoms with Gasteiger partial charge in [0.25, 0.3) is 0 Å². The molecule has 258 valence electrons. The summed E-state index contributed by atoms with van der Waals surface area (Å²) in [7, 11) is 0. The van der Waals surface area contributed by atoms with Crippen LogP contribution in [0.15, 0.2) is 155 Å². The zero-order chi connectivity index (χ0) is 35.3. The molecule has 1 N–H and O–H groups in total. The fourth-order valence-electron chi connectivity index (χ4n) is 5.71. The molecule has 0 fully saturated rings. The number of rotatable bonds is 16. The van der Waals surface area contributed by atoms with E-state index in [1.54, 1.807) is 18.2 Å². The van der Waals surface area contributed by atoms with Gasteiger partial charge in [0, 0.05) is 24.6 Å². The van der Waals surface area contributed by atoms with Crippen molar-refractivity contribution >= 4 is 22.9 Å². The highest BCUT2D eigenvalue weighted by Gasteiger charge is 2.27. The number of carbonyl (C=O) groups is 2. The third kappa shape index (κ3) is 9.80. The Morgan fingerprint density at radius 2 is 1.35 bits per heavy atom. The van der Waals surface area contributed by atoms with E-state index in [4.69, 9.17) is 18.6 Å². The third-order valence-electron chi connectivity index (χ3n) is 8.33. The van der Waals surface area contributed by atoms with Crippen molar-refractivity contribution in [1.29, 1.82) is 0 Å². The molecule has 8 heteroatoms. The lowest BCUT2D eigenvalue weighted by Gasteiger charge is -2.23. The van der Waals surface area contributed by atoms with Gasteiger partial charge in [0.05, 0.1) is 5.39 Å². The minimum atomic E-state index is -0.690. The highest BCUT2D eigenvalue weighted by atomic mass is 16.6. The van der Waals surface area contributed by atoms with E-state index in [0.29, 0.717) is 35.4 Å². The van der Waals surface area contributed by atoms with Crippen LogP contribution in [0.5, 0.6) is 5.75 Å². The van der Waals surface area contributed by atoms with Gasteiger partial charge in [0.1, 0.15) is 42.3 Å². The minimum Gasteiger partial charge on any atom is -0.490 e. The first kappa shape index (κ1) is 34.9. The molecule has 1 atom stereocenters. The Morgan fingerprint density at radius 1 is 0.725 bits per heavy atom. The maximum absolute atomic E-state index is 13.9. The summed E-state index contributed by atoms with van der Waals surface area (Å²) in [5.41, 5.74) is 3.61. The van der Waals surface area contributed by atoms with Gasteiger partial charge in [-0.05, 0) is 47.9 Å². The zero-order valence-corrected chi connectivity index (χ0v) is 28.1. The Bertz CT molecular complexity index is 2030. The van der Waals surface area contributed by atoms with E-state index in [-0.39, 0.29) is 37.6 Å². The lowest BCUT2D eigenvalue weighted by atomic mass is 9.91. The predicted octanol–water partition coefficient (Wildman–Crippen LogP) is 7.70. The smallest absolute Gasteiger partial charge is 0.318 e. The number of hydrogen-bond donors (Lipinski definition) is 1. The summed E-state index contributed by atoms with van der Waals surface area (Å²) in [5.74, 6) is -0.418. The van der Waals surface area contributed by atoms with Gasteiger partial charge in [-0.2, -0.15) is 0 Å². The Hall–Kier alpha value is -5.99. The zero-order valence-electron chi connectivity index (χ0n) is 28.1. The molecular weight excluding hydrogens is 642 g/mol. The first-order valence-electron chi connectivity index (χ1n) is 17.0. The number of benzene rings is 5. The highest BCUT2D eigenvalue weighted by Crippen LogP contribution is 2.28. The van der Waals surface area contributed by atoms with Crippen LogP contribution >= 0.6 is 0 Å². The quantitative estimate of drug-likeness (QED) is 0.0819. The van der Waals surface area contributed by atoms with Crippen LogP contribution < -0.4 is 15.5 Å². The summed E-state index contributed by atoms with van der Waals surface area (Å²) < 4.78 is 23.7. The van der Waals surface area contributed by atoms with Crippen molar-refractivity contribution in [3.63, 3.8) is 0 Å². The van der Waals surface area contributed by atoms with Gasteiger partial charge in [-0.3, -0.25) is 14.4 Å². The van der Waals surface area contributed by atoms with Crippen LogP contribution in [-0.4, -0.2) is 37.7 Å². The van der Waals surface area contributed by atoms with Crippen LogP contribution in [0.2, 0.25) is 0 Å². The van der Waals surface area contributed by atoms with E-state index in [1.165, 1.54) is 6.07 Å². The molecule has 5 aromatic carbocycles. The molecule has 0 saturated carbocycles. The first-order valence-corrected chi connectivity index (χ1v) is 17.0. The second kappa shape index (κ2) is 17.6. The number of carbonyl (C=O) groups excluding carboxylic acids is 2. The molecule has 6 aromatic rings. The summed E-state index contributed by atoms with van der Waals surface area (Å²) in [6.07, 6.45) is 0.0957. The topological polar surface area (TPSA) is 104 Å². The predicted molar refractivity (Wildman–Crippen MR) is 196 cm³/mol. The standard InChI is InChI=1S/C43H39NO7/c45-38-27-40(32-16-7-2-8-17-32)51-39-24-23-35(26-37(38)39)48-30-36(28-44-25-13-22-41(46)49-29-31-14-5-1-6-15-31)50-43(47)42(33-18-9-3-10-19-33)34-20-11-4-12-21-34/h1-12,14-21,23-24,26-27,36,42,44H,13,22,25,28-30H2. The van der Waals surface area contributed by atoms with Crippen molar-refractivity contribution < 1.29 is 28.2 Å². The molecule has 8 nitrogen and oxygen atoms in total. The van der Waals surface area contributed by atoms with Crippen LogP contribution in [0.25, 0.3) is 22.3 Å². The van der Waals surface area contributed by atoms with E-state index in [2.05, 4.69) is 5.32 Å². The van der Waals surface area contributed by atoms with Gasteiger partial charge in [-0.15, -0.1) is 0 Å². The van der Waals surface area contributed by atoms with Crippen molar-refractivity contribution in [3.8, 4) is 17.1 Å². The Balaban J connectivity index is 1.12. The maximum Gasteiger partial charge on any atom is 0.318 e. The molecule has 0 spiro atoms. The van der Waals surface area contributed by atoms with E-state index in [0.717, 1.165) is 22.3 Å². The fraction of sp³-hybridized carbons (Fsp3) is 0.186. The summed E-state index contributed by atoms with van der Waals surface area (Å²) in [4.78, 5) is 39.3. The molecule has 6 rings (SSSR count). The number of esters is 2. The van der Waals surface area contributed by atoms with Crippen molar-refractivity contribution in [3.05, 3.63) is 173 Å². The number of ether oxygens (including phenoxy) is 3. The van der Waals surface area contributed by atoms with Crippen LogP contribution in [0.3, 0.4) is 0 Å². The number of fused-ring (bicyclic) bond motifs is 1. The average Bonchev–Trinajstić information content (AvgIpc) is 3.17. The summed E-state index contributed by atoms with van der Waals surface area (Å²) in [6, 6.07) is 44.5. The molecule has 0 saturated heterocycles. The van der Waals surface area contributed by atoms with E-state index in [9.17, 15) is 14.4 Å². The van der Waals surface area contributed by atoms with Crippen LogP contribution in [-0.2, 0) is 25.7 Å². The lowest BCUT2D eigenvalue weighted by Crippen LogP contribution is -2.37. The van der Waals surface area contributed by atoms with Crippen LogP contribution in [0.1, 0.15) is 35.4 Å². The third-order valence-corrected chi connectivity index (χ3v) is 8.33. The molecular formula is C43H39NO7. The monoisotopic (exact) mass is 681 g/mol. The van der Waals surface area contributed by atoms with Crippen molar-refractivity contribution in [2.45, 2.75) is 31.5 Å². The summed E-state index contributed by atoms with van der Waals surface area (Å²) >= 11 is 0. The van der Waals surface area contributed by atoms with E-state index < -0.39 is 18.0 Å². The van der Waals surface area contributed by atoms with E-state index >= 15 is 0 Å². The number of nitrogens with one attached hydrogen (secondary N) is 1. The summed E-state index contributed by atoms with van der Waals surface area (Å²) in [6.45, 7) is 1.03. The van der Waals surface area contributed by atoms with Gasteiger partial charge in [-0.1, -0.05) is 121 Å². The van der Waals surface area contributed by atoms with Crippen LogP contribution in [0.4, 0.5) is 0 Å². The van der Waals surface area contributed by atoms with Crippen molar-refractivity contribution in [2.24, 2.45) is 0 Å². The molecule has 0 amide bonds. The van der Waals surface area contributed by atoms with E-state index in [1.807, 2.05) is 121 Å². The van der Waals surface area contributed by atoms with Gasteiger partial charge >= 0.3 is 11.9 Å². The molecule has 0 aliphatic carbocycles. The van der Waals surface area contributed by atoms with Gasteiger partial charge in [-0.25, -0.2) is 0 Å². The summed E-state index contributed by atoms with van der Waals surface area (Å²) in [5, 5.41) is 3.69. The highest BCUT2D eigenvalue weighted by molar-refractivity contribution is 5.82. The Labute approximate surface area is 296 Å². The molecule has 0 radical (unpaired) electrons. The molecule has 1 aromatic heterocycles. The Kier molecular flexibility index (Phi) is 12.0. The molecule has 0 aliphatic heterocycles. The van der Waals surface area contributed by atoms with Crippen LogP contribution in [0, 0.1) is 0 Å². The maximum atomic E-state index is 13.9. The largest absolute Gasteiger partial charge is 0.490 e. The number of hydrogen-bond acceptors (Lipinski definition) is 8. The fourth-order valence-corrected chi connectivity index (χ4v) is 5.71. The first-order chi connectivity index (χ1) is 25.0. The minimum absolute atomic E-state index is 0.0209. The van der Waals surface area contributed by atoms with Crippen molar-refractivity contribution in [2.75, 3.05) is 19.7 Å². The molecule has 51 heavy (non-hydrogen) atoms. The second-order valence-electron chi connectivity index (χ2n) is 12.1. The van der Waals surface area contributed by atoms with Gasteiger partial charge in [0.15, 0.2) is 5.43 Å². The van der Waals surface area contributed by atoms with Gasteiger partial charge in [0.2, 0.25) is 0 Å². The SMILES string of the molecule is O=C(CCCNCC(COc1ccc2oc(-c3ccccc3)cc(=O)c2c1)OC(=O)C(c1ccccc1)c1ccccc1)OCc1ccccc1. The molecule has 1 heterocycles. The Morgan fingerprint density at radius 3 is 2.02 bits per heavy atom. The normalized spacial score (nSPS) is 11.6. The van der Waals surface area contributed by atoms with Gasteiger partial charge < -0.3 is 23.9 Å². The molecule has 0 aliphatic rings. The average molecular weight is 682 g/mol. The molecule has 0 bridgehead atoms. The second-order valence-corrected chi connectivity index (χ2v) is 12.1.